The molecule has 0 radical (unpaired) electrons. The van der Waals surface area contributed by atoms with Crippen LogP contribution in [0.3, 0.4) is 0 Å². The summed E-state index contributed by atoms with van der Waals surface area (Å²) in [7, 11) is 0. The number of para-hydroxylation sites is 1. The van der Waals surface area contributed by atoms with Crippen LogP contribution in [0.4, 0.5) is 17.3 Å². The minimum absolute atomic E-state index is 0.0530. The van der Waals surface area contributed by atoms with Crippen LogP contribution in [-0.2, 0) is 4.79 Å². The molecule has 1 aliphatic heterocycles. The maximum atomic E-state index is 12.9. The van der Waals surface area contributed by atoms with Crippen LogP contribution < -0.4 is 15.5 Å². The molecule has 0 bridgehead atoms. The van der Waals surface area contributed by atoms with Gasteiger partial charge in [-0.15, -0.1) is 0 Å². The third kappa shape index (κ3) is 3.30. The number of anilines is 3. The predicted octanol–water partition coefficient (Wildman–Crippen LogP) is 3.13. The number of piperazine rings is 1. The number of hydrogen-bond donors (Lipinski definition) is 1. The molecule has 1 saturated heterocycles. The van der Waals surface area contributed by atoms with E-state index in [2.05, 4.69) is 15.0 Å². The second kappa shape index (κ2) is 7.44. The molecule has 148 valence electrons. The fourth-order valence-corrected chi connectivity index (χ4v) is 3.84. The van der Waals surface area contributed by atoms with Crippen molar-refractivity contribution in [2.75, 3.05) is 35.2 Å². The molecular weight excluding hydrogens is 376 g/mol. The highest BCUT2D eigenvalue weighted by atomic mass is 16.2. The maximum absolute atomic E-state index is 12.9. The summed E-state index contributed by atoms with van der Waals surface area (Å²) in [5.74, 6) is 1.29. The summed E-state index contributed by atoms with van der Waals surface area (Å²) in [5, 5.41) is 0.909. The minimum atomic E-state index is 0.0530. The molecular formula is C23H20N6O. The molecule has 3 heterocycles. The Balaban J connectivity index is 1.49. The van der Waals surface area contributed by atoms with Gasteiger partial charge in [0, 0.05) is 30.4 Å². The van der Waals surface area contributed by atoms with Gasteiger partial charge in [-0.2, -0.15) is 0 Å². The van der Waals surface area contributed by atoms with E-state index in [1.54, 1.807) is 12.5 Å². The second-order valence-electron chi connectivity index (χ2n) is 7.20. The van der Waals surface area contributed by atoms with Gasteiger partial charge >= 0.3 is 0 Å². The molecule has 1 fully saturated rings. The summed E-state index contributed by atoms with van der Waals surface area (Å²) in [4.78, 5) is 29.7. The van der Waals surface area contributed by atoms with E-state index in [4.69, 9.17) is 5.73 Å². The Morgan fingerprint density at radius 3 is 2.50 bits per heavy atom. The van der Waals surface area contributed by atoms with E-state index in [-0.39, 0.29) is 12.5 Å². The van der Waals surface area contributed by atoms with Crippen LogP contribution in [0.2, 0.25) is 0 Å². The van der Waals surface area contributed by atoms with Crippen LogP contribution in [-0.4, -0.2) is 40.5 Å². The predicted molar refractivity (Wildman–Crippen MR) is 118 cm³/mol. The van der Waals surface area contributed by atoms with E-state index in [9.17, 15) is 4.79 Å². The average molecular weight is 396 g/mol. The van der Waals surface area contributed by atoms with Gasteiger partial charge in [0.1, 0.15) is 18.0 Å². The van der Waals surface area contributed by atoms with Gasteiger partial charge in [0.15, 0.2) is 0 Å². The summed E-state index contributed by atoms with van der Waals surface area (Å²) in [6.07, 6.45) is 3.24. The van der Waals surface area contributed by atoms with E-state index in [0.29, 0.717) is 18.9 Å². The summed E-state index contributed by atoms with van der Waals surface area (Å²) >= 11 is 0. The Bertz CT molecular complexity index is 1230. The number of aromatic nitrogens is 3. The first-order chi connectivity index (χ1) is 14.7. The molecule has 30 heavy (non-hydrogen) atoms. The Hall–Kier alpha value is -4.00. The van der Waals surface area contributed by atoms with Gasteiger partial charge in [-0.25, -0.2) is 15.0 Å². The number of benzene rings is 2. The number of nitrogens with two attached hydrogens (primary N) is 1. The summed E-state index contributed by atoms with van der Waals surface area (Å²) in [6.45, 7) is 1.57. The van der Waals surface area contributed by atoms with Gasteiger partial charge < -0.3 is 15.5 Å². The number of fused-ring (bicyclic) bond motifs is 1. The zero-order chi connectivity index (χ0) is 20.5. The number of amides is 1. The number of carbonyl (C=O) groups excluding carboxylic acids is 1. The smallest absolute Gasteiger partial charge is 0.246 e. The highest BCUT2D eigenvalue weighted by molar-refractivity contribution is 6.00. The molecule has 0 atom stereocenters. The molecule has 4 aromatic rings. The van der Waals surface area contributed by atoms with Gasteiger partial charge in [0.2, 0.25) is 5.91 Å². The minimum Gasteiger partial charge on any atom is -0.384 e. The van der Waals surface area contributed by atoms with Crippen LogP contribution in [0.1, 0.15) is 0 Å². The third-order valence-corrected chi connectivity index (χ3v) is 5.32. The van der Waals surface area contributed by atoms with Crippen molar-refractivity contribution in [2.45, 2.75) is 0 Å². The van der Waals surface area contributed by atoms with Crippen LogP contribution in [0.15, 0.2) is 73.2 Å². The number of carbonyl (C=O) groups is 1. The SMILES string of the molecule is Nc1cc(-c2ccc3ncnc(N4CCN(c5ccccc5)C(=O)C4)c3c2)ccn1. The molecule has 7 heteroatoms. The number of nitrogens with zero attached hydrogens (tertiary/aromatic N) is 5. The van der Waals surface area contributed by atoms with Crippen LogP contribution in [0.25, 0.3) is 22.0 Å². The third-order valence-electron chi connectivity index (χ3n) is 5.32. The first-order valence-corrected chi connectivity index (χ1v) is 9.76. The van der Waals surface area contributed by atoms with Crippen molar-refractivity contribution in [3.8, 4) is 11.1 Å². The van der Waals surface area contributed by atoms with Gasteiger partial charge in [0.05, 0.1) is 12.1 Å². The van der Waals surface area contributed by atoms with Crippen molar-refractivity contribution in [3.05, 3.63) is 73.2 Å². The Labute approximate surface area is 173 Å². The standard InChI is InChI=1S/C23H20N6O/c24-21-13-17(8-9-25-21)16-6-7-20-19(12-16)23(27-15-26-20)28-10-11-29(22(30)14-28)18-4-2-1-3-5-18/h1-9,12-13,15H,10-11,14H2,(H2,24,25). The second-order valence-corrected chi connectivity index (χ2v) is 7.20. The van der Waals surface area contributed by atoms with Crippen molar-refractivity contribution >= 4 is 34.1 Å². The fraction of sp³-hybridized carbons (Fsp3) is 0.130. The molecule has 0 aliphatic carbocycles. The molecule has 7 nitrogen and oxygen atoms in total. The van der Waals surface area contributed by atoms with Crippen molar-refractivity contribution in [1.29, 1.82) is 0 Å². The van der Waals surface area contributed by atoms with Crippen molar-refractivity contribution < 1.29 is 4.79 Å². The Morgan fingerprint density at radius 1 is 0.867 bits per heavy atom. The summed E-state index contributed by atoms with van der Waals surface area (Å²) in [5.41, 5.74) is 9.58. The van der Waals surface area contributed by atoms with E-state index >= 15 is 0 Å². The van der Waals surface area contributed by atoms with Gasteiger partial charge in [-0.1, -0.05) is 24.3 Å². The molecule has 1 aliphatic rings. The monoisotopic (exact) mass is 396 g/mol. The van der Waals surface area contributed by atoms with E-state index in [0.717, 1.165) is 33.5 Å². The Morgan fingerprint density at radius 2 is 1.70 bits per heavy atom. The highest BCUT2D eigenvalue weighted by Crippen LogP contribution is 2.30. The quantitative estimate of drug-likeness (QED) is 0.572. The maximum Gasteiger partial charge on any atom is 0.246 e. The first-order valence-electron chi connectivity index (χ1n) is 9.76. The fourth-order valence-electron chi connectivity index (χ4n) is 3.84. The summed E-state index contributed by atoms with van der Waals surface area (Å²) in [6, 6.07) is 19.5. The topological polar surface area (TPSA) is 88.2 Å². The molecule has 2 N–H and O–H groups in total. The lowest BCUT2D eigenvalue weighted by atomic mass is 10.0. The van der Waals surface area contributed by atoms with Gasteiger partial charge in [0.25, 0.3) is 0 Å². The lowest BCUT2D eigenvalue weighted by molar-refractivity contribution is -0.117. The van der Waals surface area contributed by atoms with Gasteiger partial charge in [-0.05, 0) is 47.5 Å². The number of pyridine rings is 1. The van der Waals surface area contributed by atoms with Crippen LogP contribution in [0.5, 0.6) is 0 Å². The van der Waals surface area contributed by atoms with Crippen LogP contribution >= 0.6 is 0 Å². The summed E-state index contributed by atoms with van der Waals surface area (Å²) < 4.78 is 0. The normalized spacial score (nSPS) is 14.3. The van der Waals surface area contributed by atoms with E-state index in [1.165, 1.54) is 0 Å². The first kappa shape index (κ1) is 18.1. The van der Waals surface area contributed by atoms with Gasteiger partial charge in [-0.3, -0.25) is 4.79 Å². The van der Waals surface area contributed by atoms with E-state index in [1.807, 2.05) is 70.5 Å². The number of rotatable bonds is 3. The van der Waals surface area contributed by atoms with E-state index < -0.39 is 0 Å². The average Bonchev–Trinajstić information content (AvgIpc) is 2.79. The molecule has 0 saturated carbocycles. The van der Waals surface area contributed by atoms with Crippen LogP contribution in [0, 0.1) is 0 Å². The number of nitrogen functional groups attached to an aromatic ring is 1. The largest absolute Gasteiger partial charge is 0.384 e. The zero-order valence-electron chi connectivity index (χ0n) is 16.3. The highest BCUT2D eigenvalue weighted by Gasteiger charge is 2.27. The molecule has 1 amide bonds. The lowest BCUT2D eigenvalue weighted by Gasteiger charge is -2.35. The Kier molecular flexibility index (Phi) is 4.48. The molecule has 5 rings (SSSR count). The molecule has 0 unspecified atom stereocenters. The molecule has 0 spiro atoms. The molecule has 2 aromatic heterocycles. The zero-order valence-corrected chi connectivity index (χ0v) is 16.3. The number of hydrogen-bond acceptors (Lipinski definition) is 6. The molecule has 2 aromatic carbocycles. The lowest BCUT2D eigenvalue weighted by Crippen LogP contribution is -2.51. The van der Waals surface area contributed by atoms with Crippen molar-refractivity contribution in [3.63, 3.8) is 0 Å². The van der Waals surface area contributed by atoms with Crippen molar-refractivity contribution in [1.82, 2.24) is 15.0 Å². The van der Waals surface area contributed by atoms with Crippen molar-refractivity contribution in [2.24, 2.45) is 0 Å².